The molecule has 0 aromatic rings. The van der Waals surface area contributed by atoms with Crippen molar-refractivity contribution < 1.29 is 19.1 Å². The van der Waals surface area contributed by atoms with Crippen LogP contribution in [-0.4, -0.2) is 35.7 Å². The van der Waals surface area contributed by atoms with Crippen LogP contribution in [0.3, 0.4) is 0 Å². The Balaban J connectivity index is 1.33. The number of esters is 2. The second-order valence-corrected chi connectivity index (χ2v) is 16.7. The summed E-state index contributed by atoms with van der Waals surface area (Å²) in [6.07, 6.45) is 9.72. The molecule has 5 saturated carbocycles. The lowest BCUT2D eigenvalue weighted by molar-refractivity contribution is -0.274. The Kier molecular flexibility index (Phi) is 4.57. The average Bonchev–Trinajstić information content (AvgIpc) is 3.54. The van der Waals surface area contributed by atoms with E-state index < -0.39 is 0 Å². The molecule has 2 bridgehead atoms. The van der Waals surface area contributed by atoms with Crippen molar-refractivity contribution in [1.29, 1.82) is 0 Å². The van der Waals surface area contributed by atoms with Gasteiger partial charge in [0, 0.05) is 29.7 Å². The van der Waals surface area contributed by atoms with Crippen LogP contribution in [0.25, 0.3) is 0 Å². The summed E-state index contributed by atoms with van der Waals surface area (Å²) >= 11 is 0. The summed E-state index contributed by atoms with van der Waals surface area (Å²) < 4.78 is 12.8. The summed E-state index contributed by atoms with van der Waals surface area (Å²) in [5, 5.41) is 4.04. The normalized spacial score (nSPS) is 58.0. The van der Waals surface area contributed by atoms with Gasteiger partial charge in [-0.2, -0.15) is 0 Å². The van der Waals surface area contributed by atoms with Gasteiger partial charge in [-0.15, -0.1) is 0 Å². The van der Waals surface area contributed by atoms with Gasteiger partial charge in [0.15, 0.2) is 0 Å². The molecule has 7 rings (SSSR count). The molecule has 0 unspecified atom stereocenters. The predicted molar refractivity (Wildman–Crippen MR) is 141 cm³/mol. The number of ether oxygens (including phenoxy) is 2. The standard InChI is InChI=1S/C32H49NO4/c1-18(34)36-21-10-11-28(6)19(27(21,4)5)9-12-29(7)23(28)22-24(33-22)32-20-17-26(2,3)13-15-31(20,25(35)37-32)16-14-30(29,32)8/h19-24,33H,9-17H2,1-8H3/t19-,20+,21-,22-,23+,24-,28-,29+,30-,31-,32+/m0/s1. The molecule has 0 amide bonds. The number of hydrogen-bond donors (Lipinski definition) is 1. The Morgan fingerprint density at radius 2 is 1.62 bits per heavy atom. The largest absolute Gasteiger partial charge is 0.462 e. The predicted octanol–water partition coefficient (Wildman–Crippen LogP) is 6.04. The minimum atomic E-state index is -0.371. The molecule has 1 N–H and O–H groups in total. The summed E-state index contributed by atoms with van der Waals surface area (Å²) in [4.78, 5) is 25.8. The van der Waals surface area contributed by atoms with Gasteiger partial charge in [-0.05, 0) is 85.9 Å². The molecule has 7 fully saturated rings. The molecule has 0 aromatic carbocycles. The monoisotopic (exact) mass is 511 g/mol. The lowest BCUT2D eigenvalue weighted by atomic mass is 9.31. The van der Waals surface area contributed by atoms with E-state index in [1.54, 1.807) is 6.92 Å². The number of fused-ring (bicyclic) bond motifs is 6. The molecule has 37 heavy (non-hydrogen) atoms. The summed E-state index contributed by atoms with van der Waals surface area (Å²) in [6, 6.07) is 0.698. The summed E-state index contributed by atoms with van der Waals surface area (Å²) in [5.74, 6) is 1.37. The topological polar surface area (TPSA) is 74.5 Å². The fourth-order valence-electron chi connectivity index (χ4n) is 12.8. The van der Waals surface area contributed by atoms with Crippen molar-refractivity contribution in [3.05, 3.63) is 0 Å². The van der Waals surface area contributed by atoms with Crippen LogP contribution in [0.15, 0.2) is 0 Å². The molecule has 11 atom stereocenters. The SMILES string of the molecule is CC(=O)O[C@H]1CC[C@]2(C)[C@H]3[C@@H]4N[C@@H]4[C@]45OC(=O)[C@@]6(CCC(C)(C)C[C@H]64)CC[C@@]5(C)[C@]3(C)CC[C@H]2C1(C)C. The molecular weight excluding hydrogens is 462 g/mol. The van der Waals surface area contributed by atoms with Crippen LogP contribution >= 0.6 is 0 Å². The van der Waals surface area contributed by atoms with Crippen LogP contribution in [0.4, 0.5) is 0 Å². The van der Waals surface area contributed by atoms with Gasteiger partial charge in [0.1, 0.15) is 11.7 Å². The van der Waals surface area contributed by atoms with Crippen molar-refractivity contribution in [2.24, 2.45) is 50.2 Å². The Bertz CT molecular complexity index is 1080. The van der Waals surface area contributed by atoms with Crippen molar-refractivity contribution >= 4 is 11.9 Å². The molecule has 2 heterocycles. The molecule has 0 radical (unpaired) electrons. The second-order valence-electron chi connectivity index (χ2n) is 16.7. The van der Waals surface area contributed by atoms with E-state index in [0.29, 0.717) is 23.8 Å². The maximum Gasteiger partial charge on any atom is 0.313 e. The van der Waals surface area contributed by atoms with Crippen LogP contribution in [0.5, 0.6) is 0 Å². The highest BCUT2D eigenvalue weighted by Crippen LogP contribution is 2.82. The highest BCUT2D eigenvalue weighted by molar-refractivity contribution is 5.82. The van der Waals surface area contributed by atoms with Gasteiger partial charge in [0.2, 0.25) is 0 Å². The Labute approximate surface area is 223 Å². The van der Waals surface area contributed by atoms with Gasteiger partial charge < -0.3 is 14.8 Å². The third-order valence-electron chi connectivity index (χ3n) is 14.6. The molecule has 5 nitrogen and oxygen atoms in total. The average molecular weight is 512 g/mol. The molecule has 2 saturated heterocycles. The second kappa shape index (κ2) is 6.78. The number of rotatable bonds is 1. The van der Waals surface area contributed by atoms with Gasteiger partial charge in [-0.1, -0.05) is 48.5 Å². The lowest BCUT2D eigenvalue weighted by Crippen LogP contribution is -2.74. The number of carbonyl (C=O) groups is 2. The van der Waals surface area contributed by atoms with E-state index in [2.05, 4.69) is 53.8 Å². The van der Waals surface area contributed by atoms with E-state index in [1.807, 2.05) is 0 Å². The third-order valence-corrected chi connectivity index (χ3v) is 14.6. The number of hydrogen-bond acceptors (Lipinski definition) is 5. The first-order valence-electron chi connectivity index (χ1n) is 15.3. The van der Waals surface area contributed by atoms with Gasteiger partial charge >= 0.3 is 11.9 Å². The van der Waals surface area contributed by atoms with E-state index in [1.165, 1.54) is 0 Å². The van der Waals surface area contributed by atoms with Crippen LogP contribution in [-0.2, 0) is 19.1 Å². The summed E-state index contributed by atoms with van der Waals surface area (Å²) in [6.45, 7) is 18.8. The summed E-state index contributed by atoms with van der Waals surface area (Å²) in [5.41, 5.74) is -0.164. The van der Waals surface area contributed by atoms with Gasteiger partial charge in [-0.3, -0.25) is 9.59 Å². The molecule has 7 aliphatic rings. The van der Waals surface area contributed by atoms with Crippen molar-refractivity contribution in [2.75, 3.05) is 0 Å². The zero-order valence-corrected chi connectivity index (χ0v) is 24.5. The van der Waals surface area contributed by atoms with Gasteiger partial charge in [-0.25, -0.2) is 0 Å². The van der Waals surface area contributed by atoms with Crippen molar-refractivity contribution in [1.82, 2.24) is 5.32 Å². The number of carbonyl (C=O) groups excluding carboxylic acids is 2. The van der Waals surface area contributed by atoms with E-state index >= 15 is 0 Å². The molecular formula is C32H49NO4. The van der Waals surface area contributed by atoms with Crippen molar-refractivity contribution in [2.45, 2.75) is 137 Å². The molecule has 1 spiro atoms. The van der Waals surface area contributed by atoms with Gasteiger partial charge in [0.25, 0.3) is 0 Å². The first-order valence-corrected chi connectivity index (χ1v) is 15.3. The van der Waals surface area contributed by atoms with E-state index in [9.17, 15) is 9.59 Å². The van der Waals surface area contributed by atoms with E-state index in [0.717, 1.165) is 57.8 Å². The molecule has 206 valence electrons. The Morgan fingerprint density at radius 3 is 2.32 bits per heavy atom. The van der Waals surface area contributed by atoms with Crippen LogP contribution in [0, 0.1) is 50.2 Å². The molecule has 5 aliphatic carbocycles. The van der Waals surface area contributed by atoms with Crippen LogP contribution in [0.2, 0.25) is 0 Å². The number of nitrogens with one attached hydrogen (secondary N) is 1. The lowest BCUT2D eigenvalue weighted by Gasteiger charge is -2.73. The molecule has 2 aliphatic heterocycles. The zero-order chi connectivity index (χ0) is 26.6. The van der Waals surface area contributed by atoms with Gasteiger partial charge in [0.05, 0.1) is 11.5 Å². The quantitative estimate of drug-likeness (QED) is 0.343. The van der Waals surface area contributed by atoms with E-state index in [-0.39, 0.29) is 62.2 Å². The molecule has 0 aromatic heterocycles. The molecule has 5 heteroatoms. The fraction of sp³-hybridized carbons (Fsp3) is 0.938. The van der Waals surface area contributed by atoms with Crippen LogP contribution < -0.4 is 5.32 Å². The zero-order valence-electron chi connectivity index (χ0n) is 24.5. The fourth-order valence-corrected chi connectivity index (χ4v) is 12.8. The summed E-state index contributed by atoms with van der Waals surface area (Å²) in [7, 11) is 0. The first-order chi connectivity index (χ1) is 17.1. The maximum atomic E-state index is 13.9. The van der Waals surface area contributed by atoms with Crippen molar-refractivity contribution in [3.63, 3.8) is 0 Å². The first kappa shape index (κ1) is 24.9. The highest BCUT2D eigenvalue weighted by Gasteiger charge is 2.88. The van der Waals surface area contributed by atoms with Crippen LogP contribution in [0.1, 0.15) is 113 Å². The van der Waals surface area contributed by atoms with E-state index in [4.69, 9.17) is 9.47 Å². The highest BCUT2D eigenvalue weighted by atomic mass is 16.6. The Morgan fingerprint density at radius 1 is 0.919 bits per heavy atom. The third kappa shape index (κ3) is 2.58. The minimum absolute atomic E-state index is 0.00327. The minimum Gasteiger partial charge on any atom is -0.462 e. The Hall–Kier alpha value is -1.10. The maximum absolute atomic E-state index is 13.9. The van der Waals surface area contributed by atoms with Crippen molar-refractivity contribution in [3.8, 4) is 0 Å². The smallest absolute Gasteiger partial charge is 0.313 e.